The van der Waals surface area contributed by atoms with Crippen molar-refractivity contribution in [2.45, 2.75) is 63.3 Å². The Morgan fingerprint density at radius 1 is 1.00 bits per heavy atom. The molecular weight excluding hydrogens is 476 g/mol. The molecule has 10 nitrogen and oxygen atoms in total. The smallest absolute Gasteiger partial charge is 0.262 e. The van der Waals surface area contributed by atoms with Gasteiger partial charge in [-0.3, -0.25) is 23.9 Å². The number of nitrogens with zero attached hydrogens (tertiary/aromatic N) is 4. The van der Waals surface area contributed by atoms with E-state index in [1.165, 1.54) is 9.47 Å². The van der Waals surface area contributed by atoms with E-state index in [4.69, 9.17) is 4.74 Å². The first-order valence-corrected chi connectivity index (χ1v) is 12.3. The van der Waals surface area contributed by atoms with E-state index in [1.54, 1.807) is 76.2 Å². The summed E-state index contributed by atoms with van der Waals surface area (Å²) in [4.78, 5) is 47.1. The Hall–Kier alpha value is -3.44. The Labute approximate surface area is 211 Å². The van der Waals surface area contributed by atoms with Crippen LogP contribution in [0.25, 0.3) is 10.9 Å². The van der Waals surface area contributed by atoms with Crippen molar-refractivity contribution in [2.75, 3.05) is 4.90 Å². The number of aromatic nitrogens is 2. The van der Waals surface area contributed by atoms with Crippen LogP contribution in [0.5, 0.6) is 0 Å². The van der Waals surface area contributed by atoms with Crippen molar-refractivity contribution in [1.29, 1.82) is 0 Å². The van der Waals surface area contributed by atoms with E-state index in [0.29, 0.717) is 22.2 Å². The molecule has 190 valence electrons. The van der Waals surface area contributed by atoms with Crippen molar-refractivity contribution in [3.05, 3.63) is 70.3 Å². The lowest BCUT2D eigenvalue weighted by atomic mass is 9.72. The van der Waals surface area contributed by atoms with Gasteiger partial charge in [0.05, 0.1) is 28.0 Å². The van der Waals surface area contributed by atoms with Crippen LogP contribution in [-0.2, 0) is 15.1 Å². The number of fused-ring (bicyclic) bond motifs is 9. The zero-order valence-electron chi connectivity index (χ0n) is 20.8. The van der Waals surface area contributed by atoms with Gasteiger partial charge in [0.1, 0.15) is 17.3 Å². The minimum absolute atomic E-state index is 0.0196. The Kier molecular flexibility index (Phi) is 4.00. The normalized spacial score (nSPS) is 33.1. The third-order valence-corrected chi connectivity index (χ3v) is 8.90. The Balaban J connectivity index is 1.52. The van der Waals surface area contributed by atoms with Gasteiger partial charge >= 0.3 is 0 Å². The standard InChI is InChI=1S/C27H26N4O6/c1-24(2)19(32)20-28-16-11-7-5-9-14(16)21(33)30(20)18-13-26(37-27(18,24)35)15-10-6-8-12-17(15)29-22(26)31(36)25(3,4)23(29)34/h5-12,18,22,35-36H,13H2,1-4H3. The fourth-order valence-electron chi connectivity index (χ4n) is 6.73. The number of anilines is 1. The predicted octanol–water partition coefficient (Wildman–Crippen LogP) is 2.32. The maximum absolute atomic E-state index is 13.8. The van der Waals surface area contributed by atoms with Gasteiger partial charge in [0.25, 0.3) is 11.5 Å². The van der Waals surface area contributed by atoms with Crippen molar-refractivity contribution in [3.63, 3.8) is 0 Å². The first kappa shape index (κ1) is 22.7. The molecule has 0 bridgehead atoms. The minimum atomic E-state index is -2.13. The Morgan fingerprint density at radius 2 is 1.68 bits per heavy atom. The fraction of sp³-hybridized carbons (Fsp3) is 0.407. The largest absolute Gasteiger partial charge is 0.363 e. The second-order valence-corrected chi connectivity index (χ2v) is 11.5. The number of carbonyl (C=O) groups excluding carboxylic acids is 2. The topological polar surface area (TPSA) is 125 Å². The minimum Gasteiger partial charge on any atom is -0.363 e. The molecule has 1 aromatic heterocycles. The number of benzene rings is 2. The van der Waals surface area contributed by atoms with Crippen LogP contribution in [-0.4, -0.2) is 54.1 Å². The molecule has 4 unspecified atom stereocenters. The molecule has 2 aromatic carbocycles. The summed E-state index contributed by atoms with van der Waals surface area (Å²) in [6.07, 6.45) is -0.994. The molecule has 10 heteroatoms. The van der Waals surface area contributed by atoms with Crippen LogP contribution in [0.4, 0.5) is 5.69 Å². The van der Waals surface area contributed by atoms with Crippen LogP contribution in [0.2, 0.25) is 0 Å². The number of aliphatic hydroxyl groups is 1. The molecule has 37 heavy (non-hydrogen) atoms. The van der Waals surface area contributed by atoms with E-state index < -0.39 is 45.9 Å². The van der Waals surface area contributed by atoms with Gasteiger partial charge in [-0.05, 0) is 45.9 Å². The van der Waals surface area contributed by atoms with Crippen LogP contribution < -0.4 is 10.5 Å². The third kappa shape index (κ3) is 2.32. The third-order valence-electron chi connectivity index (χ3n) is 8.90. The van der Waals surface area contributed by atoms with E-state index >= 15 is 0 Å². The molecular formula is C27H26N4O6. The highest BCUT2D eigenvalue weighted by atomic mass is 16.7. The van der Waals surface area contributed by atoms with Crippen molar-refractivity contribution < 1.29 is 24.6 Å². The highest BCUT2D eigenvalue weighted by molar-refractivity contribution is 6.05. The summed E-state index contributed by atoms with van der Waals surface area (Å²) in [5.74, 6) is -3.03. The van der Waals surface area contributed by atoms with Crippen LogP contribution >= 0.6 is 0 Å². The Morgan fingerprint density at radius 3 is 2.43 bits per heavy atom. The Bertz CT molecular complexity index is 1630. The van der Waals surface area contributed by atoms with E-state index in [0.717, 1.165) is 5.06 Å². The number of ether oxygens (including phenoxy) is 1. The molecule has 7 rings (SSSR count). The monoisotopic (exact) mass is 502 g/mol. The summed E-state index contributed by atoms with van der Waals surface area (Å²) >= 11 is 0. The van der Waals surface area contributed by atoms with E-state index in [2.05, 4.69) is 4.98 Å². The van der Waals surface area contributed by atoms with Crippen LogP contribution in [0.3, 0.4) is 0 Å². The lowest BCUT2D eigenvalue weighted by molar-refractivity contribution is -0.304. The highest BCUT2D eigenvalue weighted by Crippen LogP contribution is 2.65. The number of hydrogen-bond acceptors (Lipinski definition) is 8. The molecule has 4 aliphatic rings. The number of Topliss-reactive ketones (excluding diaryl/α,β-unsaturated/α-hetero) is 1. The number of hydroxylamine groups is 2. The number of ketones is 1. The number of hydrogen-bond donors (Lipinski definition) is 2. The van der Waals surface area contributed by atoms with E-state index in [1.807, 2.05) is 0 Å². The summed E-state index contributed by atoms with van der Waals surface area (Å²) in [5.41, 5.74) is -3.11. The summed E-state index contributed by atoms with van der Waals surface area (Å²) in [5, 5.41) is 24.9. The van der Waals surface area contributed by atoms with Crippen molar-refractivity contribution >= 4 is 28.3 Å². The fourth-order valence-corrected chi connectivity index (χ4v) is 6.73. The van der Waals surface area contributed by atoms with Gasteiger partial charge in [0.2, 0.25) is 11.6 Å². The number of carbonyl (C=O) groups is 2. The van der Waals surface area contributed by atoms with Gasteiger partial charge in [-0.25, -0.2) is 4.98 Å². The number of amides is 1. The first-order valence-electron chi connectivity index (χ1n) is 12.3. The molecule has 2 N–H and O–H groups in total. The predicted molar refractivity (Wildman–Crippen MR) is 131 cm³/mol. The molecule has 1 spiro atoms. The van der Waals surface area contributed by atoms with Crippen molar-refractivity contribution in [1.82, 2.24) is 14.6 Å². The SMILES string of the molecule is CC1(C)C(=O)N2c3ccccc3C3(CC4n5c(nc6ccccc6c5=O)C(=O)C(C)(C)C4(O)O3)C2N1O. The summed E-state index contributed by atoms with van der Waals surface area (Å²) < 4.78 is 7.86. The molecule has 0 aliphatic carbocycles. The molecule has 4 aliphatic heterocycles. The molecule has 5 heterocycles. The maximum Gasteiger partial charge on any atom is 0.262 e. The van der Waals surface area contributed by atoms with Gasteiger partial charge in [0.15, 0.2) is 5.82 Å². The zero-order valence-corrected chi connectivity index (χ0v) is 20.8. The summed E-state index contributed by atoms with van der Waals surface area (Å²) in [6, 6.07) is 12.9. The zero-order chi connectivity index (χ0) is 26.3. The highest BCUT2D eigenvalue weighted by Gasteiger charge is 2.76. The second kappa shape index (κ2) is 6.51. The molecule has 1 amide bonds. The average Bonchev–Trinajstić information content (AvgIpc) is 3.40. The lowest BCUT2D eigenvalue weighted by Crippen LogP contribution is -2.61. The first-order chi connectivity index (χ1) is 17.4. The number of rotatable bonds is 0. The molecule has 0 radical (unpaired) electrons. The second-order valence-electron chi connectivity index (χ2n) is 11.5. The van der Waals surface area contributed by atoms with Crippen LogP contribution in [0.15, 0.2) is 53.3 Å². The van der Waals surface area contributed by atoms with Gasteiger partial charge in [-0.2, -0.15) is 5.06 Å². The van der Waals surface area contributed by atoms with Crippen molar-refractivity contribution in [2.24, 2.45) is 5.41 Å². The maximum atomic E-state index is 13.8. The van der Waals surface area contributed by atoms with Gasteiger partial charge < -0.3 is 15.1 Å². The quantitative estimate of drug-likeness (QED) is 0.480. The van der Waals surface area contributed by atoms with Gasteiger partial charge in [-0.15, -0.1) is 0 Å². The molecule has 0 saturated carbocycles. The van der Waals surface area contributed by atoms with Crippen LogP contribution in [0.1, 0.15) is 56.3 Å². The molecule has 4 atom stereocenters. The summed E-state index contributed by atoms with van der Waals surface area (Å²) in [6.45, 7) is 6.38. The average molecular weight is 503 g/mol. The van der Waals surface area contributed by atoms with E-state index in [-0.39, 0.29) is 18.2 Å². The molecule has 2 saturated heterocycles. The summed E-state index contributed by atoms with van der Waals surface area (Å²) in [7, 11) is 0. The lowest BCUT2D eigenvalue weighted by Gasteiger charge is -2.46. The van der Waals surface area contributed by atoms with Gasteiger partial charge in [0, 0.05) is 12.0 Å². The number of para-hydroxylation sites is 2. The molecule has 3 aromatic rings. The van der Waals surface area contributed by atoms with Gasteiger partial charge in [-0.1, -0.05) is 30.3 Å². The van der Waals surface area contributed by atoms with Crippen LogP contribution in [0, 0.1) is 5.41 Å². The van der Waals surface area contributed by atoms with E-state index in [9.17, 15) is 24.7 Å². The van der Waals surface area contributed by atoms with Crippen molar-refractivity contribution in [3.8, 4) is 0 Å². The molecule has 2 fully saturated rings.